The predicted octanol–water partition coefficient (Wildman–Crippen LogP) is 0.485. The Balaban J connectivity index is 2.03. The second kappa shape index (κ2) is 1.71. The Morgan fingerprint density at radius 1 is 1.38 bits per heavy atom. The number of ether oxygens (including phenoxy) is 1. The average Bonchev–Trinajstić information content (AvgIpc) is 2.12. The number of piperidine rings is 1. The highest BCUT2D eigenvalue weighted by molar-refractivity contribution is 4.80. The molecule has 2 atom stereocenters. The Kier molecular flexibility index (Phi) is 1.02. The van der Waals surface area contributed by atoms with Crippen LogP contribution >= 0.6 is 0 Å². The van der Waals surface area contributed by atoms with Crippen LogP contribution in [0, 0.1) is 0 Å². The molecule has 2 fully saturated rings. The van der Waals surface area contributed by atoms with E-state index in [-0.39, 0.29) is 0 Å². The first-order valence-corrected chi connectivity index (χ1v) is 3.33. The summed E-state index contributed by atoms with van der Waals surface area (Å²) in [5.41, 5.74) is 0. The highest BCUT2D eigenvalue weighted by atomic mass is 16.5. The van der Waals surface area contributed by atoms with Crippen LogP contribution in [0.25, 0.3) is 0 Å². The van der Waals surface area contributed by atoms with E-state index in [1.807, 2.05) is 0 Å². The molecule has 0 aliphatic carbocycles. The predicted molar refractivity (Wildman–Crippen MR) is 30.5 cm³/mol. The maximum atomic E-state index is 5.37. The lowest BCUT2D eigenvalue weighted by Gasteiger charge is -2.17. The Hall–Kier alpha value is -0.0800. The van der Waals surface area contributed by atoms with E-state index in [0.717, 1.165) is 6.61 Å². The molecule has 2 bridgehead atoms. The standard InChI is InChI=1S/C6H11NO/c1-2-5-4-8-6(3-1)7-5/h5-7H,1-4H2. The van der Waals surface area contributed by atoms with Crippen molar-refractivity contribution >= 4 is 0 Å². The van der Waals surface area contributed by atoms with Gasteiger partial charge in [-0.25, -0.2) is 0 Å². The minimum Gasteiger partial charge on any atom is -0.362 e. The van der Waals surface area contributed by atoms with E-state index in [2.05, 4.69) is 5.32 Å². The average molecular weight is 113 g/mol. The van der Waals surface area contributed by atoms with Gasteiger partial charge in [-0.05, 0) is 19.3 Å². The topological polar surface area (TPSA) is 21.3 Å². The van der Waals surface area contributed by atoms with Gasteiger partial charge in [-0.15, -0.1) is 0 Å². The van der Waals surface area contributed by atoms with Crippen molar-refractivity contribution in [2.45, 2.75) is 31.5 Å². The summed E-state index contributed by atoms with van der Waals surface area (Å²) in [5.74, 6) is 0. The van der Waals surface area contributed by atoms with Gasteiger partial charge in [-0.2, -0.15) is 0 Å². The molecule has 0 amide bonds. The molecule has 2 unspecified atom stereocenters. The van der Waals surface area contributed by atoms with Crippen LogP contribution in [0.4, 0.5) is 0 Å². The maximum absolute atomic E-state index is 5.37. The van der Waals surface area contributed by atoms with Gasteiger partial charge in [0.2, 0.25) is 0 Å². The molecular formula is C6H11NO. The summed E-state index contributed by atoms with van der Waals surface area (Å²) in [4.78, 5) is 0. The molecule has 0 aromatic rings. The second-order valence-electron chi connectivity index (χ2n) is 2.62. The zero-order valence-electron chi connectivity index (χ0n) is 4.89. The molecule has 2 rings (SSSR count). The van der Waals surface area contributed by atoms with E-state index in [4.69, 9.17) is 4.74 Å². The maximum Gasteiger partial charge on any atom is 0.108 e. The Morgan fingerprint density at radius 2 is 2.38 bits per heavy atom. The number of hydrogen-bond acceptors (Lipinski definition) is 2. The lowest BCUT2D eigenvalue weighted by atomic mass is 10.1. The van der Waals surface area contributed by atoms with Crippen molar-refractivity contribution in [1.29, 1.82) is 0 Å². The van der Waals surface area contributed by atoms with Crippen molar-refractivity contribution in [2.75, 3.05) is 6.61 Å². The summed E-state index contributed by atoms with van der Waals surface area (Å²) in [5, 5.41) is 3.37. The van der Waals surface area contributed by atoms with Crippen molar-refractivity contribution in [3.05, 3.63) is 0 Å². The molecule has 2 nitrogen and oxygen atoms in total. The number of fused-ring (bicyclic) bond motifs is 2. The molecule has 0 radical (unpaired) electrons. The van der Waals surface area contributed by atoms with Gasteiger partial charge in [0.1, 0.15) is 6.23 Å². The van der Waals surface area contributed by atoms with Gasteiger partial charge in [0.15, 0.2) is 0 Å². The van der Waals surface area contributed by atoms with Crippen molar-refractivity contribution in [1.82, 2.24) is 5.32 Å². The van der Waals surface area contributed by atoms with Crippen molar-refractivity contribution in [3.8, 4) is 0 Å². The summed E-state index contributed by atoms with van der Waals surface area (Å²) >= 11 is 0. The largest absolute Gasteiger partial charge is 0.362 e. The zero-order valence-corrected chi connectivity index (χ0v) is 4.89. The third-order valence-electron chi connectivity index (χ3n) is 1.94. The van der Waals surface area contributed by atoms with Gasteiger partial charge in [-0.3, -0.25) is 5.32 Å². The first kappa shape index (κ1) is 4.77. The van der Waals surface area contributed by atoms with Crippen LogP contribution in [0.15, 0.2) is 0 Å². The number of hydrogen-bond donors (Lipinski definition) is 1. The fraction of sp³-hybridized carbons (Fsp3) is 1.00. The van der Waals surface area contributed by atoms with E-state index in [0.29, 0.717) is 12.3 Å². The third kappa shape index (κ3) is 0.644. The molecule has 8 heavy (non-hydrogen) atoms. The smallest absolute Gasteiger partial charge is 0.108 e. The molecule has 2 aliphatic rings. The molecule has 2 saturated heterocycles. The van der Waals surface area contributed by atoms with Crippen molar-refractivity contribution in [2.24, 2.45) is 0 Å². The van der Waals surface area contributed by atoms with Crippen LogP contribution in [-0.4, -0.2) is 18.9 Å². The van der Waals surface area contributed by atoms with Crippen LogP contribution in [-0.2, 0) is 4.74 Å². The van der Waals surface area contributed by atoms with Gasteiger partial charge >= 0.3 is 0 Å². The minimum absolute atomic E-state index is 0.411. The van der Waals surface area contributed by atoms with Gasteiger partial charge < -0.3 is 4.74 Å². The Labute approximate surface area is 49.2 Å². The highest BCUT2D eigenvalue weighted by Gasteiger charge is 2.27. The minimum atomic E-state index is 0.411. The molecule has 46 valence electrons. The van der Waals surface area contributed by atoms with Crippen molar-refractivity contribution < 1.29 is 4.74 Å². The van der Waals surface area contributed by atoms with E-state index >= 15 is 0 Å². The fourth-order valence-electron chi connectivity index (χ4n) is 1.47. The lowest BCUT2D eigenvalue weighted by Crippen LogP contribution is -2.34. The summed E-state index contributed by atoms with van der Waals surface area (Å²) < 4.78 is 5.37. The van der Waals surface area contributed by atoms with Crippen LogP contribution in [0.3, 0.4) is 0 Å². The molecule has 0 spiro atoms. The van der Waals surface area contributed by atoms with Crippen LogP contribution in [0.2, 0.25) is 0 Å². The summed E-state index contributed by atoms with van der Waals surface area (Å²) in [6.07, 6.45) is 4.30. The summed E-state index contributed by atoms with van der Waals surface area (Å²) in [6.45, 7) is 0.949. The normalized spacial score (nSPS) is 45.0. The molecule has 1 N–H and O–H groups in total. The first-order valence-electron chi connectivity index (χ1n) is 3.33. The molecule has 0 aromatic carbocycles. The van der Waals surface area contributed by atoms with Crippen LogP contribution in [0.5, 0.6) is 0 Å². The summed E-state index contributed by atoms with van der Waals surface area (Å²) in [6, 6.07) is 0.689. The van der Waals surface area contributed by atoms with Gasteiger partial charge in [0.05, 0.1) is 6.61 Å². The first-order chi connectivity index (χ1) is 3.95. The van der Waals surface area contributed by atoms with Gasteiger partial charge in [0, 0.05) is 6.04 Å². The third-order valence-corrected chi connectivity index (χ3v) is 1.94. The monoisotopic (exact) mass is 113 g/mol. The van der Waals surface area contributed by atoms with Gasteiger partial charge in [-0.1, -0.05) is 0 Å². The van der Waals surface area contributed by atoms with Crippen LogP contribution < -0.4 is 5.32 Å². The van der Waals surface area contributed by atoms with Gasteiger partial charge in [0.25, 0.3) is 0 Å². The van der Waals surface area contributed by atoms with Crippen molar-refractivity contribution in [3.63, 3.8) is 0 Å². The number of nitrogens with one attached hydrogen (secondary N) is 1. The Bertz CT molecular complexity index is 80.5. The van der Waals surface area contributed by atoms with Crippen LogP contribution in [0.1, 0.15) is 19.3 Å². The molecule has 2 heterocycles. The zero-order chi connectivity index (χ0) is 5.40. The molecule has 0 aromatic heterocycles. The quantitative estimate of drug-likeness (QED) is 0.493. The fourth-order valence-corrected chi connectivity index (χ4v) is 1.47. The molecular weight excluding hydrogens is 102 g/mol. The molecule has 0 saturated carbocycles. The van der Waals surface area contributed by atoms with E-state index in [1.165, 1.54) is 19.3 Å². The molecule has 2 heteroatoms. The second-order valence-corrected chi connectivity index (χ2v) is 2.62. The van der Waals surface area contributed by atoms with E-state index < -0.39 is 0 Å². The Morgan fingerprint density at radius 3 is 3.12 bits per heavy atom. The SMILES string of the molecule is C1CC2COC(C1)N2. The number of rotatable bonds is 0. The summed E-state index contributed by atoms with van der Waals surface area (Å²) in [7, 11) is 0. The van der Waals surface area contributed by atoms with E-state index in [1.54, 1.807) is 0 Å². The van der Waals surface area contributed by atoms with E-state index in [9.17, 15) is 0 Å². The highest BCUT2D eigenvalue weighted by Crippen LogP contribution is 2.19. The lowest BCUT2D eigenvalue weighted by molar-refractivity contribution is 0.0959. The molecule has 2 aliphatic heterocycles.